The molecule has 0 bridgehead atoms. The first kappa shape index (κ1) is 25.9. The molecule has 1 heterocycles. The molecule has 2 atom stereocenters. The van der Waals surface area contributed by atoms with Crippen molar-refractivity contribution in [1.29, 1.82) is 0 Å². The number of ether oxygens (including phenoxy) is 1. The molecule has 0 unspecified atom stereocenters. The van der Waals surface area contributed by atoms with Crippen LogP contribution < -0.4 is 10.6 Å². The van der Waals surface area contributed by atoms with E-state index in [1.807, 2.05) is 60.7 Å². The normalized spacial score (nSPS) is 15.4. The summed E-state index contributed by atoms with van der Waals surface area (Å²) in [6.45, 7) is 2.39. The van der Waals surface area contributed by atoms with Gasteiger partial charge in [-0.15, -0.1) is 0 Å². The number of morpholine rings is 1. The van der Waals surface area contributed by atoms with E-state index in [0.29, 0.717) is 45.7 Å². The molecule has 1 fully saturated rings. The number of amides is 2. The predicted octanol–water partition coefficient (Wildman–Crippen LogP) is 0.913. The van der Waals surface area contributed by atoms with Crippen LogP contribution in [0.15, 0.2) is 60.7 Å². The molecule has 9 heteroatoms. The van der Waals surface area contributed by atoms with Crippen LogP contribution in [0.4, 0.5) is 0 Å². The van der Waals surface area contributed by atoms with Crippen LogP contribution in [-0.4, -0.2) is 72.2 Å². The van der Waals surface area contributed by atoms with Gasteiger partial charge in [0.25, 0.3) is 0 Å². The maximum Gasteiger partial charge on any atom is 0.475 e. The van der Waals surface area contributed by atoms with Gasteiger partial charge < -0.3 is 30.3 Å². The van der Waals surface area contributed by atoms with Crippen LogP contribution >= 0.6 is 0 Å². The van der Waals surface area contributed by atoms with E-state index >= 15 is 0 Å². The molecule has 0 radical (unpaired) electrons. The molecule has 182 valence electrons. The zero-order chi connectivity index (χ0) is 24.2. The fourth-order valence-electron chi connectivity index (χ4n) is 3.96. The molecular formula is C25H34BN3O5. The summed E-state index contributed by atoms with van der Waals surface area (Å²) in [7, 11) is -1.69. The van der Waals surface area contributed by atoms with Crippen molar-refractivity contribution in [3.05, 3.63) is 71.8 Å². The zero-order valence-corrected chi connectivity index (χ0v) is 19.4. The van der Waals surface area contributed by atoms with E-state index in [-0.39, 0.29) is 12.3 Å². The number of hydrogen-bond acceptors (Lipinski definition) is 6. The lowest BCUT2D eigenvalue weighted by Gasteiger charge is -2.29. The number of nitrogens with zero attached hydrogens (tertiary/aromatic N) is 1. The van der Waals surface area contributed by atoms with Crippen molar-refractivity contribution >= 4 is 18.9 Å². The summed E-state index contributed by atoms with van der Waals surface area (Å²) in [4.78, 5) is 27.7. The number of nitrogens with one attached hydrogen (secondary N) is 2. The number of benzene rings is 2. The first-order valence-corrected chi connectivity index (χ1v) is 11.9. The molecule has 34 heavy (non-hydrogen) atoms. The molecule has 3 rings (SSSR count). The van der Waals surface area contributed by atoms with Gasteiger partial charge in [0.05, 0.1) is 31.6 Å². The minimum atomic E-state index is -1.69. The van der Waals surface area contributed by atoms with Gasteiger partial charge in [0, 0.05) is 19.6 Å². The first-order valence-electron chi connectivity index (χ1n) is 11.9. The third-order valence-corrected chi connectivity index (χ3v) is 5.97. The van der Waals surface area contributed by atoms with E-state index in [1.165, 1.54) is 0 Å². The molecule has 2 amide bonds. The van der Waals surface area contributed by atoms with Gasteiger partial charge in [-0.3, -0.25) is 9.59 Å². The molecule has 0 aliphatic carbocycles. The highest BCUT2D eigenvalue weighted by Gasteiger charge is 2.30. The Labute approximate surface area is 201 Å². The second-order valence-electron chi connectivity index (χ2n) is 8.52. The molecule has 2 aromatic rings. The summed E-state index contributed by atoms with van der Waals surface area (Å²) < 4.78 is 5.31. The number of rotatable bonds is 12. The Morgan fingerprint density at radius 2 is 1.59 bits per heavy atom. The average Bonchev–Trinajstić information content (AvgIpc) is 2.87. The van der Waals surface area contributed by atoms with Crippen LogP contribution in [0, 0.1) is 0 Å². The standard InChI is InChI=1S/C25H34BN3O5/c30-24(29-14-16-34-17-15-29)18-22(27-19-21-10-5-2-6-11-21)25(31)28-23(26(32)33)13-7-12-20-8-3-1-4-9-20/h1-6,8-11,22-23,27,32-33H,7,12-19H2,(H,28,31)/t22-,23+/m1/s1. The summed E-state index contributed by atoms with van der Waals surface area (Å²) in [5.74, 6) is -1.37. The lowest BCUT2D eigenvalue weighted by Crippen LogP contribution is -2.54. The van der Waals surface area contributed by atoms with E-state index in [0.717, 1.165) is 17.5 Å². The monoisotopic (exact) mass is 467 g/mol. The molecule has 0 spiro atoms. The fourth-order valence-corrected chi connectivity index (χ4v) is 3.96. The van der Waals surface area contributed by atoms with Crippen molar-refractivity contribution in [3.8, 4) is 0 Å². The van der Waals surface area contributed by atoms with Crippen molar-refractivity contribution in [3.63, 3.8) is 0 Å². The molecular weight excluding hydrogens is 433 g/mol. The third-order valence-electron chi connectivity index (χ3n) is 5.97. The van der Waals surface area contributed by atoms with Crippen molar-refractivity contribution in [2.45, 2.75) is 44.2 Å². The first-order chi connectivity index (χ1) is 16.5. The highest BCUT2D eigenvalue weighted by molar-refractivity contribution is 6.43. The van der Waals surface area contributed by atoms with Crippen LogP contribution in [0.2, 0.25) is 0 Å². The van der Waals surface area contributed by atoms with Crippen molar-refractivity contribution in [2.75, 3.05) is 26.3 Å². The van der Waals surface area contributed by atoms with E-state index in [9.17, 15) is 19.6 Å². The molecule has 0 aromatic heterocycles. The van der Waals surface area contributed by atoms with Crippen LogP contribution in [0.5, 0.6) is 0 Å². The Balaban J connectivity index is 1.60. The Morgan fingerprint density at radius 1 is 0.971 bits per heavy atom. The fraction of sp³-hybridized carbons (Fsp3) is 0.440. The van der Waals surface area contributed by atoms with Crippen LogP contribution in [0.1, 0.15) is 30.4 Å². The van der Waals surface area contributed by atoms with E-state index in [4.69, 9.17) is 4.74 Å². The molecule has 1 aliphatic rings. The number of aryl methyl sites for hydroxylation is 1. The van der Waals surface area contributed by atoms with Crippen LogP contribution in [0.3, 0.4) is 0 Å². The molecule has 1 aliphatic heterocycles. The summed E-state index contributed by atoms with van der Waals surface area (Å²) in [5, 5.41) is 25.7. The number of hydrogen-bond donors (Lipinski definition) is 4. The number of carbonyl (C=O) groups excluding carboxylic acids is 2. The van der Waals surface area contributed by atoms with Crippen LogP contribution in [-0.2, 0) is 27.3 Å². The van der Waals surface area contributed by atoms with Gasteiger partial charge in [0.1, 0.15) is 0 Å². The lowest BCUT2D eigenvalue weighted by molar-refractivity contribution is -0.138. The number of carbonyl (C=O) groups is 2. The summed E-state index contributed by atoms with van der Waals surface area (Å²) in [5.41, 5.74) is 2.14. The quantitative estimate of drug-likeness (QED) is 0.346. The maximum absolute atomic E-state index is 13.1. The summed E-state index contributed by atoms with van der Waals surface area (Å²) in [6, 6.07) is 18.7. The summed E-state index contributed by atoms with van der Waals surface area (Å²) in [6.07, 6.45) is 1.84. The summed E-state index contributed by atoms with van der Waals surface area (Å²) >= 11 is 0. The lowest BCUT2D eigenvalue weighted by atomic mass is 9.76. The smallest absolute Gasteiger partial charge is 0.426 e. The van der Waals surface area contributed by atoms with Gasteiger partial charge in [0.15, 0.2) is 0 Å². The van der Waals surface area contributed by atoms with Gasteiger partial charge >= 0.3 is 7.12 Å². The van der Waals surface area contributed by atoms with Crippen molar-refractivity contribution in [1.82, 2.24) is 15.5 Å². The van der Waals surface area contributed by atoms with Gasteiger partial charge in [0.2, 0.25) is 11.8 Å². The van der Waals surface area contributed by atoms with E-state index < -0.39 is 25.0 Å². The third kappa shape index (κ3) is 8.57. The van der Waals surface area contributed by atoms with Crippen molar-refractivity contribution < 1.29 is 24.4 Å². The van der Waals surface area contributed by atoms with Gasteiger partial charge in [-0.1, -0.05) is 60.7 Å². The van der Waals surface area contributed by atoms with Crippen molar-refractivity contribution in [2.24, 2.45) is 0 Å². The Hall–Kier alpha value is -2.72. The van der Waals surface area contributed by atoms with Crippen LogP contribution in [0.25, 0.3) is 0 Å². The predicted molar refractivity (Wildman–Crippen MR) is 131 cm³/mol. The average molecular weight is 467 g/mol. The minimum absolute atomic E-state index is 0.0169. The molecule has 4 N–H and O–H groups in total. The molecule has 0 saturated carbocycles. The minimum Gasteiger partial charge on any atom is -0.426 e. The van der Waals surface area contributed by atoms with E-state index in [1.54, 1.807) is 4.90 Å². The second kappa shape index (κ2) is 13.9. The Morgan fingerprint density at radius 3 is 2.21 bits per heavy atom. The van der Waals surface area contributed by atoms with E-state index in [2.05, 4.69) is 10.6 Å². The largest absolute Gasteiger partial charge is 0.475 e. The molecule has 2 aromatic carbocycles. The highest BCUT2D eigenvalue weighted by Crippen LogP contribution is 2.10. The maximum atomic E-state index is 13.1. The Bertz CT molecular complexity index is 879. The second-order valence-corrected chi connectivity index (χ2v) is 8.52. The molecule has 8 nitrogen and oxygen atoms in total. The topological polar surface area (TPSA) is 111 Å². The van der Waals surface area contributed by atoms with Gasteiger partial charge in [-0.25, -0.2) is 0 Å². The van der Waals surface area contributed by atoms with Gasteiger partial charge in [-0.2, -0.15) is 0 Å². The van der Waals surface area contributed by atoms with Gasteiger partial charge in [-0.05, 0) is 30.4 Å². The highest BCUT2D eigenvalue weighted by atomic mass is 16.5. The zero-order valence-electron chi connectivity index (χ0n) is 19.4. The SMILES string of the molecule is O=C(N[C@@H](CCCc1ccccc1)B(O)O)[C@@H](CC(=O)N1CCOCC1)NCc1ccccc1. The molecule has 1 saturated heterocycles. The Kier molecular flexibility index (Phi) is 10.6.